The third-order valence-electron chi connectivity index (χ3n) is 2.46. The number of rotatable bonds is 3. The van der Waals surface area contributed by atoms with Crippen molar-refractivity contribution < 1.29 is 14.4 Å². The highest BCUT2D eigenvalue weighted by atomic mass is 32.2. The van der Waals surface area contributed by atoms with Gasteiger partial charge in [0.25, 0.3) is 0 Å². The van der Waals surface area contributed by atoms with Crippen LogP contribution >= 0.6 is 23.5 Å². The van der Waals surface area contributed by atoms with Crippen molar-refractivity contribution >= 4 is 41.1 Å². The fraction of sp³-hybridized carbons (Fsp3) is 0.462. The van der Waals surface area contributed by atoms with Gasteiger partial charge in [0.2, 0.25) is 11.8 Å². The number of allylic oxidation sites excluding steroid dienone is 1. The Morgan fingerprint density at radius 2 is 2.05 bits per heavy atom. The maximum Gasteiger partial charge on any atom is 0.244 e. The molecule has 0 spiro atoms. The molecule has 0 radical (unpaired) electrons. The van der Waals surface area contributed by atoms with Gasteiger partial charge in [-0.25, -0.2) is 0 Å². The molecule has 1 atom stereocenters. The zero-order valence-electron chi connectivity index (χ0n) is 11.3. The second-order valence-corrected chi connectivity index (χ2v) is 6.24. The largest absolute Gasteiger partial charge is 0.354 e. The molecule has 110 valence electrons. The Morgan fingerprint density at radius 3 is 2.75 bits per heavy atom. The molecule has 1 heterocycles. The number of carbonyl (C=O) groups is 3. The Bertz CT molecular complexity index is 394. The van der Waals surface area contributed by atoms with E-state index in [1.165, 1.54) is 35.7 Å². The summed E-state index contributed by atoms with van der Waals surface area (Å²) in [6, 6.07) is -0.394. The molecule has 20 heavy (non-hydrogen) atoms. The van der Waals surface area contributed by atoms with Crippen LogP contribution in [0.1, 0.15) is 19.8 Å². The minimum Gasteiger partial charge on any atom is -0.354 e. The number of amides is 2. The fourth-order valence-electron chi connectivity index (χ4n) is 1.45. The predicted molar refractivity (Wildman–Crippen MR) is 83.2 cm³/mol. The summed E-state index contributed by atoms with van der Waals surface area (Å²) in [5.74, 6) is -0.422. The third kappa shape index (κ3) is 7.40. The summed E-state index contributed by atoms with van der Waals surface area (Å²) in [7, 11) is 0. The molecule has 2 amide bonds. The van der Waals surface area contributed by atoms with Crippen molar-refractivity contribution in [3.63, 3.8) is 0 Å². The number of carbonyl (C=O) groups excluding carboxylic acids is 3. The monoisotopic (exact) mass is 314 g/mol. The van der Waals surface area contributed by atoms with E-state index in [0.717, 1.165) is 5.08 Å². The van der Waals surface area contributed by atoms with Crippen LogP contribution < -0.4 is 10.6 Å². The molecule has 0 fully saturated rings. The lowest BCUT2D eigenvalue weighted by Crippen LogP contribution is -2.44. The SMILES string of the molecule is CCC(=O)NCC1CC(=O)/C=C/SCS/C=C/C(=O)N1. The van der Waals surface area contributed by atoms with Crippen molar-refractivity contribution in [2.45, 2.75) is 25.8 Å². The first-order valence-corrected chi connectivity index (χ1v) is 8.38. The second-order valence-electron chi connectivity index (χ2n) is 4.09. The molecule has 0 aromatic carbocycles. The molecule has 0 saturated heterocycles. The van der Waals surface area contributed by atoms with Gasteiger partial charge in [0.1, 0.15) is 0 Å². The highest BCUT2D eigenvalue weighted by Crippen LogP contribution is 2.14. The molecule has 0 aromatic heterocycles. The minimum atomic E-state index is -0.394. The highest BCUT2D eigenvalue weighted by molar-refractivity contribution is 8.18. The lowest BCUT2D eigenvalue weighted by molar-refractivity contribution is -0.122. The lowest BCUT2D eigenvalue weighted by atomic mass is 10.1. The molecule has 2 N–H and O–H groups in total. The summed E-state index contributed by atoms with van der Waals surface area (Å²) >= 11 is 2.99. The van der Waals surface area contributed by atoms with E-state index in [0.29, 0.717) is 6.42 Å². The van der Waals surface area contributed by atoms with Crippen molar-refractivity contribution in [1.29, 1.82) is 0 Å². The maximum absolute atomic E-state index is 11.7. The molecule has 0 aliphatic carbocycles. The maximum atomic E-state index is 11.7. The Hall–Kier alpha value is -1.21. The van der Waals surface area contributed by atoms with Crippen molar-refractivity contribution in [3.8, 4) is 0 Å². The van der Waals surface area contributed by atoms with Gasteiger partial charge in [0, 0.05) is 30.5 Å². The van der Waals surface area contributed by atoms with Gasteiger partial charge in [-0.15, -0.1) is 23.5 Å². The smallest absolute Gasteiger partial charge is 0.244 e. The average molecular weight is 314 g/mol. The van der Waals surface area contributed by atoms with E-state index in [4.69, 9.17) is 0 Å². The van der Waals surface area contributed by atoms with Gasteiger partial charge in [-0.1, -0.05) is 6.92 Å². The number of ketones is 1. The number of hydrogen-bond acceptors (Lipinski definition) is 5. The first kappa shape index (κ1) is 16.8. The summed E-state index contributed by atoms with van der Waals surface area (Å²) < 4.78 is 0. The van der Waals surface area contributed by atoms with E-state index in [1.807, 2.05) is 0 Å². The predicted octanol–water partition coefficient (Wildman–Crippen LogP) is 1.42. The summed E-state index contributed by atoms with van der Waals surface area (Å²) in [6.45, 7) is 2.01. The highest BCUT2D eigenvalue weighted by Gasteiger charge is 2.15. The number of nitrogens with one attached hydrogen (secondary N) is 2. The van der Waals surface area contributed by atoms with Crippen LogP contribution in [0.15, 0.2) is 23.0 Å². The average Bonchev–Trinajstić information content (AvgIpc) is 2.41. The molecule has 0 aromatic rings. The van der Waals surface area contributed by atoms with Gasteiger partial charge in [-0.05, 0) is 16.9 Å². The molecular formula is C13H18N2O3S2. The number of thioether (sulfide) groups is 2. The normalized spacial score (nSPS) is 23.9. The fourth-order valence-corrected chi connectivity index (χ4v) is 2.86. The Kier molecular flexibility index (Phi) is 8.13. The van der Waals surface area contributed by atoms with E-state index >= 15 is 0 Å². The second kappa shape index (κ2) is 9.66. The molecule has 7 heteroatoms. The Balaban J connectivity index is 2.64. The summed E-state index contributed by atoms with van der Waals surface area (Å²) in [5, 5.41) is 9.66. The van der Waals surface area contributed by atoms with Crippen LogP contribution in [0, 0.1) is 0 Å². The Labute approximate surface area is 127 Å². The van der Waals surface area contributed by atoms with Gasteiger partial charge < -0.3 is 10.6 Å². The summed E-state index contributed by atoms with van der Waals surface area (Å²) in [4.78, 5) is 34.7. The van der Waals surface area contributed by atoms with Crippen LogP contribution in [0.25, 0.3) is 0 Å². The van der Waals surface area contributed by atoms with Crippen LogP contribution in [0.3, 0.4) is 0 Å². The van der Waals surface area contributed by atoms with Crippen molar-refractivity contribution in [2.75, 3.05) is 11.6 Å². The minimum absolute atomic E-state index is 0.0666. The van der Waals surface area contributed by atoms with E-state index in [-0.39, 0.29) is 30.6 Å². The standard InChI is InChI=1S/C13H18N2O3S2/c1-2-12(17)14-8-10-7-11(16)3-5-19-9-20-6-4-13(18)15-10/h3-6,10H,2,7-9H2,1H3,(H,14,17)(H,15,18)/b5-3+,6-4+. The van der Waals surface area contributed by atoms with Crippen LogP contribution in [-0.2, 0) is 14.4 Å². The van der Waals surface area contributed by atoms with Crippen molar-refractivity contribution in [2.24, 2.45) is 0 Å². The van der Waals surface area contributed by atoms with Crippen molar-refractivity contribution in [3.05, 3.63) is 23.0 Å². The van der Waals surface area contributed by atoms with Gasteiger partial charge >= 0.3 is 0 Å². The quantitative estimate of drug-likeness (QED) is 0.824. The van der Waals surface area contributed by atoms with Crippen LogP contribution in [-0.4, -0.2) is 35.3 Å². The zero-order chi connectivity index (χ0) is 14.8. The third-order valence-corrected chi connectivity index (χ3v) is 4.21. The van der Waals surface area contributed by atoms with Gasteiger partial charge in [-0.2, -0.15) is 0 Å². The lowest BCUT2D eigenvalue weighted by Gasteiger charge is -2.17. The first-order chi connectivity index (χ1) is 9.61. The molecular weight excluding hydrogens is 296 g/mol. The molecule has 1 aliphatic rings. The molecule has 0 saturated carbocycles. The van der Waals surface area contributed by atoms with E-state index < -0.39 is 6.04 Å². The summed E-state index contributed by atoms with van der Waals surface area (Å²) in [5.41, 5.74) is 0. The van der Waals surface area contributed by atoms with Gasteiger partial charge in [-0.3, -0.25) is 14.4 Å². The molecule has 1 unspecified atom stereocenters. The van der Waals surface area contributed by atoms with E-state index in [9.17, 15) is 14.4 Å². The van der Waals surface area contributed by atoms with Crippen LogP contribution in [0.5, 0.6) is 0 Å². The first-order valence-electron chi connectivity index (χ1n) is 6.28. The van der Waals surface area contributed by atoms with Gasteiger partial charge in [0.05, 0.1) is 6.04 Å². The topological polar surface area (TPSA) is 75.3 Å². The van der Waals surface area contributed by atoms with E-state index in [1.54, 1.807) is 17.7 Å². The van der Waals surface area contributed by atoms with Crippen LogP contribution in [0.4, 0.5) is 0 Å². The molecule has 5 nitrogen and oxygen atoms in total. The Morgan fingerprint density at radius 1 is 1.35 bits per heavy atom. The van der Waals surface area contributed by atoms with Crippen LogP contribution in [0.2, 0.25) is 0 Å². The van der Waals surface area contributed by atoms with Gasteiger partial charge in [0.15, 0.2) is 5.78 Å². The number of hydrogen-bond donors (Lipinski definition) is 2. The summed E-state index contributed by atoms with van der Waals surface area (Å²) in [6.07, 6.45) is 3.50. The molecule has 1 rings (SSSR count). The molecule has 1 aliphatic heterocycles. The zero-order valence-corrected chi connectivity index (χ0v) is 12.9. The van der Waals surface area contributed by atoms with E-state index in [2.05, 4.69) is 10.6 Å². The van der Waals surface area contributed by atoms with Crippen molar-refractivity contribution in [1.82, 2.24) is 10.6 Å². The molecule has 0 bridgehead atoms.